The molecule has 2 amide bonds. The lowest BCUT2D eigenvalue weighted by molar-refractivity contribution is -0.0758. The number of amides is 2. The van der Waals surface area contributed by atoms with Crippen molar-refractivity contribution in [2.24, 2.45) is 0 Å². The van der Waals surface area contributed by atoms with E-state index in [2.05, 4.69) is 5.32 Å². The Morgan fingerprint density at radius 1 is 1.12 bits per heavy atom. The van der Waals surface area contributed by atoms with Gasteiger partial charge in [-0.25, -0.2) is 13.8 Å². The van der Waals surface area contributed by atoms with Crippen molar-refractivity contribution >= 4 is 17.5 Å². The van der Waals surface area contributed by atoms with Gasteiger partial charge in [0.15, 0.2) is 0 Å². The molecule has 2 N–H and O–H groups in total. The standard InChI is InChI=1S/C16H14F2N2O4/c1-20(24-2)16(23)13-4-3-12(8-14(13)21)19-15(22)9-5-10(17)7-11(18)6-9/h3-8,21H,1-2H3,(H,19,22). The van der Waals surface area contributed by atoms with E-state index in [1.165, 1.54) is 26.3 Å². The van der Waals surface area contributed by atoms with Crippen molar-refractivity contribution in [1.29, 1.82) is 0 Å². The van der Waals surface area contributed by atoms with Gasteiger partial charge in [0.1, 0.15) is 17.4 Å². The monoisotopic (exact) mass is 336 g/mol. The molecule has 2 rings (SSSR count). The maximum atomic E-state index is 13.1. The molecule has 0 unspecified atom stereocenters. The Bertz CT molecular complexity index is 775. The van der Waals surface area contributed by atoms with Gasteiger partial charge in [0.2, 0.25) is 0 Å². The second kappa shape index (κ2) is 7.05. The molecule has 126 valence electrons. The third-order valence-corrected chi connectivity index (χ3v) is 3.17. The zero-order chi connectivity index (χ0) is 17.9. The molecule has 0 aliphatic carbocycles. The van der Waals surface area contributed by atoms with Crippen molar-refractivity contribution in [1.82, 2.24) is 5.06 Å². The summed E-state index contributed by atoms with van der Waals surface area (Å²) in [6.07, 6.45) is 0. The molecule has 0 heterocycles. The molecule has 0 saturated heterocycles. The molecule has 0 bridgehead atoms. The van der Waals surface area contributed by atoms with E-state index < -0.39 is 23.4 Å². The number of phenolic OH excluding ortho intramolecular Hbond substituents is 1. The zero-order valence-electron chi connectivity index (χ0n) is 12.8. The van der Waals surface area contributed by atoms with Crippen molar-refractivity contribution in [3.8, 4) is 5.75 Å². The van der Waals surface area contributed by atoms with Crippen molar-refractivity contribution in [2.45, 2.75) is 0 Å². The Morgan fingerprint density at radius 3 is 2.29 bits per heavy atom. The zero-order valence-corrected chi connectivity index (χ0v) is 12.8. The minimum atomic E-state index is -0.883. The van der Waals surface area contributed by atoms with Crippen LogP contribution in [0.25, 0.3) is 0 Å². The van der Waals surface area contributed by atoms with Gasteiger partial charge in [-0.15, -0.1) is 0 Å². The van der Waals surface area contributed by atoms with E-state index in [9.17, 15) is 23.5 Å². The third-order valence-electron chi connectivity index (χ3n) is 3.17. The Balaban J connectivity index is 2.20. The van der Waals surface area contributed by atoms with Crippen LogP contribution in [0.1, 0.15) is 20.7 Å². The molecule has 6 nitrogen and oxygen atoms in total. The fourth-order valence-corrected chi connectivity index (χ4v) is 1.93. The van der Waals surface area contributed by atoms with E-state index in [0.29, 0.717) is 6.07 Å². The van der Waals surface area contributed by atoms with Gasteiger partial charge in [-0.05, 0) is 24.3 Å². The largest absolute Gasteiger partial charge is 0.507 e. The summed E-state index contributed by atoms with van der Waals surface area (Å²) < 4.78 is 26.3. The number of anilines is 1. The Morgan fingerprint density at radius 2 is 1.75 bits per heavy atom. The molecule has 8 heteroatoms. The normalized spacial score (nSPS) is 10.3. The van der Waals surface area contributed by atoms with Crippen LogP contribution >= 0.6 is 0 Å². The van der Waals surface area contributed by atoms with Crippen molar-refractivity contribution in [2.75, 3.05) is 19.5 Å². The smallest absolute Gasteiger partial charge is 0.280 e. The second-order valence-corrected chi connectivity index (χ2v) is 4.83. The average Bonchev–Trinajstić information content (AvgIpc) is 2.52. The molecular weight excluding hydrogens is 322 g/mol. The van der Waals surface area contributed by atoms with Gasteiger partial charge in [0, 0.05) is 30.4 Å². The highest BCUT2D eigenvalue weighted by atomic mass is 19.1. The first kappa shape index (κ1) is 17.4. The Labute approximate surface area is 136 Å². The van der Waals surface area contributed by atoms with E-state index >= 15 is 0 Å². The van der Waals surface area contributed by atoms with Crippen LogP contribution in [0.2, 0.25) is 0 Å². The summed E-state index contributed by atoms with van der Waals surface area (Å²) in [5.41, 5.74) is -0.0980. The van der Waals surface area contributed by atoms with Crippen LogP contribution in [0.15, 0.2) is 36.4 Å². The average molecular weight is 336 g/mol. The number of aromatic hydroxyl groups is 1. The Hall–Kier alpha value is -3.00. The summed E-state index contributed by atoms with van der Waals surface area (Å²) in [7, 11) is 2.66. The van der Waals surface area contributed by atoms with Gasteiger partial charge in [-0.2, -0.15) is 0 Å². The lowest BCUT2D eigenvalue weighted by atomic mass is 10.1. The molecule has 24 heavy (non-hydrogen) atoms. The summed E-state index contributed by atoms with van der Waals surface area (Å²) in [6.45, 7) is 0. The summed E-state index contributed by atoms with van der Waals surface area (Å²) in [5.74, 6) is -3.49. The van der Waals surface area contributed by atoms with E-state index in [1.54, 1.807) is 0 Å². The molecule has 0 aliphatic rings. The first-order chi connectivity index (χ1) is 11.3. The number of phenols is 1. The molecule has 0 fully saturated rings. The summed E-state index contributed by atoms with van der Waals surface area (Å²) in [5, 5.41) is 13.2. The van der Waals surface area contributed by atoms with Crippen molar-refractivity contribution in [3.05, 3.63) is 59.2 Å². The number of benzene rings is 2. The lowest BCUT2D eigenvalue weighted by Crippen LogP contribution is -2.25. The number of rotatable bonds is 4. The van der Waals surface area contributed by atoms with Gasteiger partial charge in [-0.3, -0.25) is 14.4 Å². The molecule has 0 saturated carbocycles. The fourth-order valence-electron chi connectivity index (χ4n) is 1.93. The number of hydroxylamine groups is 2. The minimum Gasteiger partial charge on any atom is -0.507 e. The van der Waals surface area contributed by atoms with Crippen molar-refractivity contribution < 1.29 is 28.3 Å². The van der Waals surface area contributed by atoms with Gasteiger partial charge < -0.3 is 10.4 Å². The summed E-state index contributed by atoms with van der Waals surface area (Å²) in [6, 6.07) is 6.20. The van der Waals surface area contributed by atoms with Crippen molar-refractivity contribution in [3.63, 3.8) is 0 Å². The summed E-state index contributed by atoms with van der Waals surface area (Å²) in [4.78, 5) is 28.6. The lowest BCUT2D eigenvalue weighted by Gasteiger charge is -2.15. The predicted molar refractivity (Wildman–Crippen MR) is 81.5 cm³/mol. The predicted octanol–water partition coefficient (Wildman–Crippen LogP) is 2.56. The second-order valence-electron chi connectivity index (χ2n) is 4.83. The topological polar surface area (TPSA) is 78.9 Å². The number of hydrogen-bond donors (Lipinski definition) is 2. The summed E-state index contributed by atoms with van der Waals surface area (Å²) >= 11 is 0. The molecule has 2 aromatic carbocycles. The van der Waals surface area contributed by atoms with Gasteiger partial charge in [-0.1, -0.05) is 0 Å². The third kappa shape index (κ3) is 3.85. The number of carbonyl (C=O) groups excluding carboxylic acids is 2. The fraction of sp³-hybridized carbons (Fsp3) is 0.125. The molecule has 0 radical (unpaired) electrons. The SMILES string of the molecule is CON(C)C(=O)c1ccc(NC(=O)c2cc(F)cc(F)c2)cc1O. The molecule has 0 aliphatic heterocycles. The van der Waals surface area contributed by atoms with Crippen LogP contribution in [0.3, 0.4) is 0 Å². The van der Waals surface area contributed by atoms with Crippen LogP contribution < -0.4 is 5.32 Å². The van der Waals surface area contributed by atoms with Crippen LogP contribution in [-0.4, -0.2) is 36.1 Å². The van der Waals surface area contributed by atoms with Crippen LogP contribution in [0.5, 0.6) is 5.75 Å². The highest BCUT2D eigenvalue weighted by molar-refractivity contribution is 6.05. The number of carbonyl (C=O) groups is 2. The number of halogens is 2. The molecule has 0 atom stereocenters. The maximum Gasteiger partial charge on any atom is 0.280 e. The first-order valence-corrected chi connectivity index (χ1v) is 6.74. The highest BCUT2D eigenvalue weighted by Crippen LogP contribution is 2.24. The van der Waals surface area contributed by atoms with E-state index in [1.807, 2.05) is 0 Å². The van der Waals surface area contributed by atoms with Gasteiger partial charge in [0.25, 0.3) is 11.8 Å². The molecular formula is C16H14F2N2O4. The van der Waals surface area contributed by atoms with E-state index in [4.69, 9.17) is 4.84 Å². The van der Waals surface area contributed by atoms with Crippen LogP contribution in [-0.2, 0) is 4.84 Å². The number of nitrogens with zero attached hydrogens (tertiary/aromatic N) is 1. The van der Waals surface area contributed by atoms with Crippen LogP contribution in [0, 0.1) is 11.6 Å². The van der Waals surface area contributed by atoms with Gasteiger partial charge >= 0.3 is 0 Å². The first-order valence-electron chi connectivity index (χ1n) is 6.74. The van der Waals surface area contributed by atoms with Crippen LogP contribution in [0.4, 0.5) is 14.5 Å². The quantitative estimate of drug-likeness (QED) is 0.841. The molecule has 0 spiro atoms. The van der Waals surface area contributed by atoms with E-state index in [-0.39, 0.29) is 22.6 Å². The maximum absolute atomic E-state index is 13.1. The minimum absolute atomic E-state index is 0.0332. The molecule has 2 aromatic rings. The number of nitrogens with one attached hydrogen (secondary N) is 1. The highest BCUT2D eigenvalue weighted by Gasteiger charge is 2.17. The molecule has 0 aromatic heterocycles. The number of hydrogen-bond acceptors (Lipinski definition) is 4. The van der Waals surface area contributed by atoms with Gasteiger partial charge in [0.05, 0.1) is 12.7 Å². The van der Waals surface area contributed by atoms with E-state index in [0.717, 1.165) is 23.3 Å². The Kier molecular flexibility index (Phi) is 5.10.